The molecule has 1 aromatic rings. The highest BCUT2D eigenvalue weighted by Crippen LogP contribution is 2.65. The van der Waals surface area contributed by atoms with Gasteiger partial charge >= 0.3 is 17.9 Å². The number of rotatable bonds is 7. The number of esters is 2. The number of halogens is 3. The highest BCUT2D eigenvalue weighted by atomic mass is 127. The molecule has 0 aromatic carbocycles. The van der Waals surface area contributed by atoms with E-state index in [-0.39, 0.29) is 67.1 Å². The van der Waals surface area contributed by atoms with Crippen LogP contribution in [0.1, 0.15) is 113 Å². The molecule has 6 aliphatic rings. The maximum Gasteiger partial charge on any atom is 0.364 e. The van der Waals surface area contributed by atoms with Crippen molar-refractivity contribution in [2.75, 3.05) is 27.3 Å². The van der Waals surface area contributed by atoms with Gasteiger partial charge < -0.3 is 41.8 Å². The maximum atomic E-state index is 13.0. The van der Waals surface area contributed by atoms with Crippen molar-refractivity contribution in [1.29, 1.82) is 0 Å². The minimum absolute atomic E-state index is 0. The summed E-state index contributed by atoms with van der Waals surface area (Å²) in [7, 11) is 2.90. The predicted octanol–water partition coefficient (Wildman–Crippen LogP) is 3.91. The Morgan fingerprint density at radius 1 is 0.836 bits per heavy atom. The molecule has 0 bridgehead atoms. The molecule has 2 aliphatic heterocycles. The number of quaternary nitrogens is 1. The Kier molecular flexibility index (Phi) is 17.7. The molecule has 7 rings (SSSR count). The highest BCUT2D eigenvalue weighted by Gasteiger charge is 2.70. The molecule has 4 aliphatic carbocycles. The summed E-state index contributed by atoms with van der Waals surface area (Å²) in [6.45, 7) is 16.7. The number of imidazole rings is 1. The number of carboxylic acid groups (broad SMARTS) is 1. The molecule has 3 heterocycles. The number of ether oxygens (including phenoxy) is 2. The van der Waals surface area contributed by atoms with E-state index in [2.05, 4.69) is 97.0 Å². The van der Waals surface area contributed by atoms with Crippen LogP contribution in [0.3, 0.4) is 0 Å². The second-order valence-corrected chi connectivity index (χ2v) is 24.2. The lowest BCUT2D eigenvalue weighted by atomic mass is 9.80. The highest BCUT2D eigenvalue weighted by molar-refractivity contribution is 14.2. The zero-order valence-corrected chi connectivity index (χ0v) is 39.5. The van der Waals surface area contributed by atoms with Crippen LogP contribution >= 0.6 is 45.2 Å². The molecule has 8 atom stereocenters. The Bertz CT molecular complexity index is 1430. The van der Waals surface area contributed by atoms with Crippen molar-refractivity contribution < 1.29 is 51.5 Å². The van der Waals surface area contributed by atoms with E-state index in [9.17, 15) is 19.2 Å². The first-order chi connectivity index (χ1) is 25.3. The molecular formula is C41H67ClI2N4O7. The Labute approximate surface area is 363 Å². The molecule has 0 radical (unpaired) electrons. The average Bonchev–Trinajstić information content (AvgIpc) is 3.64. The molecule has 0 unspecified atom stereocenters. The average molecular weight is 1020 g/mol. The summed E-state index contributed by atoms with van der Waals surface area (Å²) in [5.74, 6) is 2.14. The molecule has 11 nitrogen and oxygen atoms in total. The molecule has 3 N–H and O–H groups in total. The van der Waals surface area contributed by atoms with Crippen molar-refractivity contribution in [3.8, 4) is 0 Å². The number of aliphatic carboxylic acids is 1. The Morgan fingerprint density at radius 2 is 1.35 bits per heavy atom. The number of carbonyl (C=O) groups excluding carboxylic acids is 3. The fourth-order valence-electron chi connectivity index (χ4n) is 10.1. The fraction of sp³-hybridized carbons (Fsp3) is 0.829. The molecule has 6 fully saturated rings. The van der Waals surface area contributed by atoms with Gasteiger partial charge in [-0.05, 0) is 106 Å². The van der Waals surface area contributed by atoms with Crippen LogP contribution in [0.2, 0.25) is 0 Å². The number of likely N-dealkylation sites (tertiary alicyclic amines) is 1. The van der Waals surface area contributed by atoms with E-state index in [0.29, 0.717) is 29.1 Å². The monoisotopic (exact) mass is 1020 g/mol. The number of hydrogen-bond acceptors (Lipinski definition) is 7. The van der Waals surface area contributed by atoms with Crippen LogP contribution in [-0.2, 0) is 30.2 Å². The van der Waals surface area contributed by atoms with Crippen LogP contribution in [0, 0.1) is 58.2 Å². The molecule has 1 aromatic heterocycles. The van der Waals surface area contributed by atoms with E-state index in [1.54, 1.807) is 6.20 Å². The number of carboxylic acids is 1. The lowest BCUT2D eigenvalue weighted by Crippen LogP contribution is -3.00. The zero-order valence-electron chi connectivity index (χ0n) is 34.4. The molecule has 14 heteroatoms. The molecule has 1 amide bonds. The van der Waals surface area contributed by atoms with Gasteiger partial charge in [0.1, 0.15) is 7.59 Å². The molecule has 0 spiro atoms. The van der Waals surface area contributed by atoms with Gasteiger partial charge in [-0.2, -0.15) is 0 Å². The van der Waals surface area contributed by atoms with Crippen molar-refractivity contribution in [3.05, 3.63) is 18.7 Å². The quantitative estimate of drug-likeness (QED) is 0.238. The van der Waals surface area contributed by atoms with Gasteiger partial charge in [0.2, 0.25) is 5.91 Å². The molecule has 314 valence electrons. The Balaban J connectivity index is 0.000000210. The van der Waals surface area contributed by atoms with E-state index in [4.69, 9.17) is 14.6 Å². The minimum Gasteiger partial charge on any atom is -1.00 e. The number of alkyl halides is 2. The third-order valence-electron chi connectivity index (χ3n) is 14.0. The van der Waals surface area contributed by atoms with E-state index < -0.39 is 5.97 Å². The SMILES string of the molecule is CC(I)(I)n1ccnc1.COC(=O)[C@@H]1[C@@H]2[C@H](CN1C(=O)[C@@H](C)C1CCCCC1)C2(C)C.COC(=O)[C@H]1[NH2+]C[C@H]2[C@@H]1C2(C)C.C[C@H](C(=O)O)C1CCCCC1.[Cl-]. The topological polar surface area (TPSA) is 145 Å². The second-order valence-electron chi connectivity index (χ2n) is 17.9. The van der Waals surface area contributed by atoms with Crippen LogP contribution in [0.5, 0.6) is 0 Å². The van der Waals surface area contributed by atoms with Crippen molar-refractivity contribution >= 4 is 69.0 Å². The third-order valence-corrected chi connectivity index (χ3v) is 15.1. The van der Waals surface area contributed by atoms with Gasteiger partial charge in [-0.15, -0.1) is 0 Å². The number of nitrogens with zero attached hydrogens (tertiary/aromatic N) is 3. The number of carbonyl (C=O) groups is 4. The van der Waals surface area contributed by atoms with Gasteiger partial charge in [0.25, 0.3) is 0 Å². The standard InChI is InChI=1S/C18H29NO3.C9H15NO2.C9H16O2.C5H6I2N2.ClH/c1-11(12-8-6-5-7-9-12)16(20)19-10-13-14(18(13,2)3)15(19)17(21)22-4;1-9(2)5-4-10-7(6(5)9)8(11)12-3;1-7(9(10)11)8-5-3-2-4-6-8;1-5(6,7)9-3-2-8-4-9;/h11-15H,5-10H2,1-4H3;5-7,10H,4H2,1-3H3;7-8H,2-6H2,1H3,(H,10,11);2-4H,1H3;1H/t11-,13-,14-,15-;5-,6-,7-;7-;;/m000../s1. The minimum atomic E-state index is -0.628. The van der Waals surface area contributed by atoms with Gasteiger partial charge in [-0.25, -0.2) is 14.6 Å². The summed E-state index contributed by atoms with van der Waals surface area (Å²) in [5.41, 5.74) is 0.553. The number of amides is 1. The number of methoxy groups -OCH3 is 2. The second kappa shape index (κ2) is 20.2. The lowest BCUT2D eigenvalue weighted by Gasteiger charge is -2.34. The van der Waals surface area contributed by atoms with Crippen molar-refractivity contribution in [1.82, 2.24) is 14.5 Å². The van der Waals surface area contributed by atoms with E-state index in [1.807, 2.05) is 28.9 Å². The summed E-state index contributed by atoms with van der Waals surface area (Å²) in [6.07, 6.45) is 17.6. The number of fused-ring (bicyclic) bond motifs is 2. The smallest absolute Gasteiger partial charge is 0.364 e. The zero-order chi connectivity index (χ0) is 40.2. The van der Waals surface area contributed by atoms with Gasteiger partial charge in [0.15, 0.2) is 6.04 Å². The molecule has 2 saturated heterocycles. The van der Waals surface area contributed by atoms with Gasteiger partial charge in [0.05, 0.1) is 33.0 Å². The van der Waals surface area contributed by atoms with Gasteiger partial charge in [-0.3, -0.25) is 9.59 Å². The van der Waals surface area contributed by atoms with E-state index in [1.165, 1.54) is 52.7 Å². The largest absolute Gasteiger partial charge is 1.00 e. The number of piperidine rings is 2. The van der Waals surface area contributed by atoms with E-state index >= 15 is 0 Å². The normalized spacial score (nSPS) is 29.7. The first-order valence-corrected chi connectivity index (χ1v) is 22.3. The summed E-state index contributed by atoms with van der Waals surface area (Å²) in [6, 6.07) is -0.279. The molecule has 55 heavy (non-hydrogen) atoms. The van der Waals surface area contributed by atoms with Crippen molar-refractivity contribution in [3.63, 3.8) is 0 Å². The summed E-state index contributed by atoms with van der Waals surface area (Å²) >= 11 is 4.70. The predicted molar refractivity (Wildman–Crippen MR) is 225 cm³/mol. The lowest BCUT2D eigenvalue weighted by molar-refractivity contribution is -0.670. The van der Waals surface area contributed by atoms with E-state index in [0.717, 1.165) is 44.7 Å². The Hall–Kier alpha value is -1.20. The van der Waals surface area contributed by atoms with Crippen molar-refractivity contribution in [2.45, 2.75) is 126 Å². The third kappa shape index (κ3) is 11.5. The number of aromatic nitrogens is 2. The van der Waals surface area contributed by atoms with Crippen LogP contribution in [0.15, 0.2) is 18.7 Å². The molecule has 4 saturated carbocycles. The maximum absolute atomic E-state index is 13.0. The molecular weight excluding hydrogens is 950 g/mol. The van der Waals surface area contributed by atoms with Gasteiger partial charge in [0, 0.05) is 42.6 Å². The van der Waals surface area contributed by atoms with Crippen LogP contribution in [-0.4, -0.2) is 82.8 Å². The fourth-order valence-corrected chi connectivity index (χ4v) is 10.7. The number of nitrogens with two attached hydrogens (primary N) is 1. The first-order valence-electron chi connectivity index (χ1n) is 20.2. The summed E-state index contributed by atoms with van der Waals surface area (Å²) < 4.78 is 11.9. The first kappa shape index (κ1) is 48.2. The Morgan fingerprint density at radius 3 is 1.75 bits per heavy atom. The van der Waals surface area contributed by atoms with Crippen LogP contribution in [0.25, 0.3) is 0 Å². The summed E-state index contributed by atoms with van der Waals surface area (Å²) in [4.78, 5) is 52.9. The summed E-state index contributed by atoms with van der Waals surface area (Å²) in [5, 5.41) is 10.9. The van der Waals surface area contributed by atoms with Crippen molar-refractivity contribution in [2.24, 2.45) is 58.2 Å². The number of hydrogen-bond donors (Lipinski definition) is 2. The van der Waals surface area contributed by atoms with Crippen LogP contribution < -0.4 is 17.7 Å². The van der Waals surface area contributed by atoms with Crippen LogP contribution in [0.4, 0.5) is 0 Å². The van der Waals surface area contributed by atoms with Gasteiger partial charge in [-0.1, -0.05) is 80.1 Å².